The summed E-state index contributed by atoms with van der Waals surface area (Å²) in [5.41, 5.74) is 2.49. The average Bonchev–Trinajstić information content (AvgIpc) is 2.23. The molecule has 1 aromatic carbocycles. The molecule has 0 amide bonds. The highest BCUT2D eigenvalue weighted by Crippen LogP contribution is 2.20. The van der Waals surface area contributed by atoms with Crippen molar-refractivity contribution in [3.63, 3.8) is 0 Å². The van der Waals surface area contributed by atoms with Gasteiger partial charge in [-0.2, -0.15) is 12.6 Å². The van der Waals surface area contributed by atoms with E-state index in [1.54, 1.807) is 0 Å². The Morgan fingerprint density at radius 1 is 1.21 bits per heavy atom. The molecule has 0 heterocycles. The van der Waals surface area contributed by atoms with Crippen molar-refractivity contribution in [2.24, 2.45) is 0 Å². The Bertz CT molecular complexity index is 258. The topological polar surface area (TPSA) is 9.23 Å². The zero-order chi connectivity index (χ0) is 11.0. The molecule has 0 spiro atoms. The van der Waals surface area contributed by atoms with E-state index in [0.717, 1.165) is 11.5 Å². The van der Waals surface area contributed by atoms with Crippen LogP contribution in [-0.4, -0.2) is 12.4 Å². The molecule has 1 aromatic rings. The summed E-state index contributed by atoms with van der Waals surface area (Å²) in [5, 5.41) is 0. The van der Waals surface area contributed by atoms with Gasteiger partial charge in [0.15, 0.2) is 0 Å². The molecule has 0 aromatic heterocycles. The number of ether oxygens (including phenoxy) is 1. The second-order valence-corrected chi connectivity index (χ2v) is 3.22. The van der Waals surface area contributed by atoms with Crippen LogP contribution in [0.4, 0.5) is 0 Å². The summed E-state index contributed by atoms with van der Waals surface area (Å²) in [6.45, 7) is 8.83. The van der Waals surface area contributed by atoms with Gasteiger partial charge in [0.05, 0.1) is 6.61 Å². The van der Waals surface area contributed by atoms with Gasteiger partial charge in [-0.05, 0) is 31.0 Å². The molecule has 0 aliphatic heterocycles. The van der Waals surface area contributed by atoms with Gasteiger partial charge in [0.1, 0.15) is 5.75 Å². The predicted molar refractivity (Wildman–Crippen MR) is 66.6 cm³/mol. The van der Waals surface area contributed by atoms with Crippen molar-refractivity contribution in [1.29, 1.82) is 0 Å². The highest BCUT2D eigenvalue weighted by atomic mass is 32.1. The Morgan fingerprint density at radius 3 is 2.43 bits per heavy atom. The summed E-state index contributed by atoms with van der Waals surface area (Å²) in [6, 6.07) is 6.09. The lowest BCUT2D eigenvalue weighted by Gasteiger charge is -2.08. The summed E-state index contributed by atoms with van der Waals surface area (Å²) < 4.78 is 5.49. The van der Waals surface area contributed by atoms with Crippen molar-refractivity contribution in [2.75, 3.05) is 12.4 Å². The van der Waals surface area contributed by atoms with Crippen molar-refractivity contribution >= 4 is 12.6 Å². The molecule has 2 heteroatoms. The fourth-order valence-electron chi connectivity index (χ4n) is 1.04. The molecule has 0 saturated carbocycles. The van der Waals surface area contributed by atoms with Crippen LogP contribution in [0.3, 0.4) is 0 Å². The Hall–Kier alpha value is -0.630. The maximum Gasteiger partial charge on any atom is 0.122 e. The quantitative estimate of drug-likeness (QED) is 0.753. The van der Waals surface area contributed by atoms with Gasteiger partial charge in [0.25, 0.3) is 0 Å². The zero-order valence-electron chi connectivity index (χ0n) is 9.50. The van der Waals surface area contributed by atoms with E-state index in [4.69, 9.17) is 4.74 Å². The Labute approximate surface area is 92.9 Å². The van der Waals surface area contributed by atoms with E-state index < -0.39 is 0 Å². The van der Waals surface area contributed by atoms with Crippen LogP contribution in [0.2, 0.25) is 0 Å². The molecule has 0 saturated heterocycles. The standard InChI is InChI=1S/C10H14OS.C2H6/c1-8-4-3-5-10(9(8)2)11-6-7-12;1-2/h3-5,12H,6-7H2,1-2H3;1-2H3. The number of hydrogen-bond acceptors (Lipinski definition) is 2. The number of aryl methyl sites for hydroxylation is 1. The van der Waals surface area contributed by atoms with Gasteiger partial charge >= 0.3 is 0 Å². The smallest absolute Gasteiger partial charge is 0.122 e. The summed E-state index contributed by atoms with van der Waals surface area (Å²) in [7, 11) is 0. The van der Waals surface area contributed by atoms with Crippen molar-refractivity contribution < 1.29 is 4.74 Å². The Balaban J connectivity index is 0.000000791. The third kappa shape index (κ3) is 4.05. The van der Waals surface area contributed by atoms with Gasteiger partial charge in [0, 0.05) is 5.75 Å². The molecular weight excluding hydrogens is 192 g/mol. The molecule has 80 valence electrons. The molecule has 0 N–H and O–H groups in total. The summed E-state index contributed by atoms with van der Waals surface area (Å²) in [5.74, 6) is 1.73. The van der Waals surface area contributed by atoms with E-state index in [-0.39, 0.29) is 0 Å². The number of rotatable bonds is 3. The minimum atomic E-state index is 0.674. The average molecular weight is 212 g/mol. The van der Waals surface area contributed by atoms with Crippen LogP contribution in [-0.2, 0) is 0 Å². The molecule has 0 atom stereocenters. The highest BCUT2D eigenvalue weighted by molar-refractivity contribution is 7.80. The van der Waals surface area contributed by atoms with Crippen molar-refractivity contribution in [3.8, 4) is 5.75 Å². The first-order valence-electron chi connectivity index (χ1n) is 5.05. The summed E-state index contributed by atoms with van der Waals surface area (Å²) >= 11 is 4.09. The third-order valence-corrected chi connectivity index (χ3v) is 2.09. The van der Waals surface area contributed by atoms with E-state index in [9.17, 15) is 0 Å². The van der Waals surface area contributed by atoms with Crippen LogP contribution >= 0.6 is 12.6 Å². The fourth-order valence-corrected chi connectivity index (χ4v) is 1.13. The fraction of sp³-hybridized carbons (Fsp3) is 0.500. The third-order valence-electron chi connectivity index (χ3n) is 1.90. The zero-order valence-corrected chi connectivity index (χ0v) is 10.4. The maximum absolute atomic E-state index is 5.49. The van der Waals surface area contributed by atoms with Crippen LogP contribution in [0.1, 0.15) is 25.0 Å². The molecule has 0 radical (unpaired) electrons. The van der Waals surface area contributed by atoms with Gasteiger partial charge in [0.2, 0.25) is 0 Å². The minimum absolute atomic E-state index is 0.674. The molecule has 0 fully saturated rings. The normalized spacial score (nSPS) is 8.93. The molecule has 1 nitrogen and oxygen atoms in total. The predicted octanol–water partition coefficient (Wildman–Crippen LogP) is 3.64. The van der Waals surface area contributed by atoms with Gasteiger partial charge in [-0.15, -0.1) is 0 Å². The SMILES string of the molecule is CC.Cc1cccc(OCCS)c1C. The second kappa shape index (κ2) is 7.74. The molecule has 1 rings (SSSR count). The Kier molecular flexibility index (Phi) is 7.40. The molecule has 0 unspecified atom stereocenters. The molecule has 0 aliphatic rings. The molecule has 14 heavy (non-hydrogen) atoms. The van der Waals surface area contributed by atoms with E-state index in [2.05, 4.69) is 32.5 Å². The monoisotopic (exact) mass is 212 g/mol. The van der Waals surface area contributed by atoms with E-state index in [1.165, 1.54) is 11.1 Å². The summed E-state index contributed by atoms with van der Waals surface area (Å²) in [4.78, 5) is 0. The van der Waals surface area contributed by atoms with Gasteiger partial charge < -0.3 is 4.74 Å². The molecule has 0 bridgehead atoms. The van der Waals surface area contributed by atoms with E-state index in [0.29, 0.717) is 6.61 Å². The lowest BCUT2D eigenvalue weighted by atomic mass is 10.1. The van der Waals surface area contributed by atoms with Gasteiger partial charge in [-0.3, -0.25) is 0 Å². The van der Waals surface area contributed by atoms with Crippen LogP contribution in [0, 0.1) is 13.8 Å². The number of benzene rings is 1. The van der Waals surface area contributed by atoms with Gasteiger partial charge in [-0.25, -0.2) is 0 Å². The van der Waals surface area contributed by atoms with Crippen LogP contribution in [0.25, 0.3) is 0 Å². The van der Waals surface area contributed by atoms with Crippen molar-refractivity contribution in [1.82, 2.24) is 0 Å². The summed E-state index contributed by atoms with van der Waals surface area (Å²) in [6.07, 6.45) is 0. The lowest BCUT2D eigenvalue weighted by Crippen LogP contribution is -2.00. The van der Waals surface area contributed by atoms with Crippen LogP contribution in [0.15, 0.2) is 18.2 Å². The molecular formula is C12H20OS. The van der Waals surface area contributed by atoms with Crippen molar-refractivity contribution in [2.45, 2.75) is 27.7 Å². The van der Waals surface area contributed by atoms with Crippen LogP contribution in [0.5, 0.6) is 5.75 Å². The first-order valence-corrected chi connectivity index (χ1v) is 5.69. The minimum Gasteiger partial charge on any atom is -0.492 e. The van der Waals surface area contributed by atoms with Gasteiger partial charge in [-0.1, -0.05) is 26.0 Å². The number of thiol groups is 1. The highest BCUT2D eigenvalue weighted by Gasteiger charge is 1.99. The van der Waals surface area contributed by atoms with E-state index in [1.807, 2.05) is 26.0 Å². The number of hydrogen-bond donors (Lipinski definition) is 1. The largest absolute Gasteiger partial charge is 0.492 e. The van der Waals surface area contributed by atoms with Crippen molar-refractivity contribution in [3.05, 3.63) is 29.3 Å². The first-order chi connectivity index (χ1) is 6.75. The van der Waals surface area contributed by atoms with E-state index >= 15 is 0 Å². The first kappa shape index (κ1) is 13.4. The Morgan fingerprint density at radius 2 is 1.86 bits per heavy atom. The lowest BCUT2D eigenvalue weighted by molar-refractivity contribution is 0.341. The maximum atomic E-state index is 5.49. The molecule has 0 aliphatic carbocycles. The second-order valence-electron chi connectivity index (χ2n) is 2.77. The van der Waals surface area contributed by atoms with Crippen LogP contribution < -0.4 is 4.74 Å².